The van der Waals surface area contributed by atoms with Gasteiger partial charge >= 0.3 is 0 Å². The maximum atomic E-state index is 10.9. The Labute approximate surface area is 82.2 Å². The highest BCUT2D eigenvalue weighted by molar-refractivity contribution is 9.12. The molecule has 0 fully saturated rings. The Hall–Kier alpha value is -0.490. The van der Waals surface area contributed by atoms with Gasteiger partial charge in [-0.05, 0) is 16.7 Å². The van der Waals surface area contributed by atoms with E-state index in [1.807, 2.05) is 0 Å². The molecule has 0 aliphatic heterocycles. The number of amides is 1. The summed E-state index contributed by atoms with van der Waals surface area (Å²) >= 11 is 2.86. The number of hydrogen-bond donors (Lipinski definition) is 1. The van der Waals surface area contributed by atoms with Gasteiger partial charge in [0.1, 0.15) is 0 Å². The molecule has 0 spiro atoms. The number of carbonyl (C=O) groups is 1. The summed E-state index contributed by atoms with van der Waals surface area (Å²) in [6, 6.07) is 0. The maximum Gasteiger partial charge on any atom is 0.296 e. The molecule has 1 atom stereocenters. The van der Waals surface area contributed by atoms with Crippen LogP contribution in [0, 0.1) is 22.6 Å². The van der Waals surface area contributed by atoms with E-state index in [1.54, 1.807) is 0 Å². The molecule has 12 heavy (non-hydrogen) atoms. The van der Waals surface area contributed by atoms with Crippen molar-refractivity contribution in [1.82, 2.24) is 5.32 Å². The first-order valence-electron chi connectivity index (χ1n) is 3.97. The largest absolute Gasteiger partial charge is 0.345 e. The molecule has 3 heteroatoms. The SMILES string of the molecule is CC(C)C(C)CNC(=O)C#CBr. The summed E-state index contributed by atoms with van der Waals surface area (Å²) in [6.45, 7) is 7.06. The second kappa shape index (κ2) is 6.07. The molecule has 0 saturated heterocycles. The molecule has 0 aliphatic rings. The zero-order valence-electron chi connectivity index (χ0n) is 7.65. The van der Waals surface area contributed by atoms with Crippen molar-refractivity contribution in [2.24, 2.45) is 11.8 Å². The van der Waals surface area contributed by atoms with Gasteiger partial charge in [0.2, 0.25) is 0 Å². The topological polar surface area (TPSA) is 29.1 Å². The Balaban J connectivity index is 3.66. The van der Waals surface area contributed by atoms with E-state index >= 15 is 0 Å². The summed E-state index contributed by atoms with van der Waals surface area (Å²) in [5, 5.41) is 2.72. The van der Waals surface area contributed by atoms with Gasteiger partial charge in [-0.1, -0.05) is 20.8 Å². The van der Waals surface area contributed by atoms with Crippen LogP contribution in [0.1, 0.15) is 20.8 Å². The molecule has 0 rings (SSSR count). The lowest BCUT2D eigenvalue weighted by atomic mass is 9.98. The number of hydrogen-bond acceptors (Lipinski definition) is 1. The average Bonchev–Trinajstić information content (AvgIpc) is 2.00. The zero-order valence-corrected chi connectivity index (χ0v) is 9.23. The Morgan fingerprint density at radius 2 is 2.08 bits per heavy atom. The number of carbonyl (C=O) groups excluding carboxylic acids is 1. The van der Waals surface area contributed by atoms with Gasteiger partial charge in [-0.2, -0.15) is 0 Å². The lowest BCUT2D eigenvalue weighted by Crippen LogP contribution is -2.28. The van der Waals surface area contributed by atoms with Crippen LogP contribution in [0.4, 0.5) is 0 Å². The summed E-state index contributed by atoms with van der Waals surface area (Å²) in [5.74, 6) is 3.21. The van der Waals surface area contributed by atoms with Crippen molar-refractivity contribution < 1.29 is 4.79 Å². The van der Waals surface area contributed by atoms with E-state index in [0.29, 0.717) is 18.4 Å². The summed E-state index contributed by atoms with van der Waals surface area (Å²) in [5.41, 5.74) is 0. The van der Waals surface area contributed by atoms with E-state index in [1.165, 1.54) is 0 Å². The van der Waals surface area contributed by atoms with E-state index in [0.717, 1.165) is 0 Å². The van der Waals surface area contributed by atoms with Crippen LogP contribution in [-0.4, -0.2) is 12.5 Å². The first kappa shape index (κ1) is 11.5. The van der Waals surface area contributed by atoms with E-state index < -0.39 is 0 Å². The van der Waals surface area contributed by atoms with Gasteiger partial charge in [0.05, 0.1) is 0 Å². The predicted octanol–water partition coefficient (Wildman–Crippen LogP) is 1.75. The average molecular weight is 232 g/mol. The molecule has 1 N–H and O–H groups in total. The fourth-order valence-corrected chi connectivity index (χ4v) is 0.757. The third-order valence-corrected chi connectivity index (χ3v) is 2.08. The van der Waals surface area contributed by atoms with E-state index in [4.69, 9.17) is 0 Å². The van der Waals surface area contributed by atoms with Crippen molar-refractivity contribution in [2.45, 2.75) is 20.8 Å². The number of halogens is 1. The minimum Gasteiger partial charge on any atom is -0.345 e. The Bertz CT molecular complexity index is 202. The Morgan fingerprint density at radius 1 is 1.50 bits per heavy atom. The van der Waals surface area contributed by atoms with Gasteiger partial charge < -0.3 is 5.32 Å². The van der Waals surface area contributed by atoms with Crippen molar-refractivity contribution in [3.05, 3.63) is 0 Å². The second-order valence-corrected chi connectivity index (χ2v) is 3.55. The van der Waals surface area contributed by atoms with Gasteiger partial charge in [0.15, 0.2) is 0 Å². The molecule has 1 unspecified atom stereocenters. The van der Waals surface area contributed by atoms with Crippen LogP contribution in [0.3, 0.4) is 0 Å². The van der Waals surface area contributed by atoms with Crippen molar-refractivity contribution in [1.29, 1.82) is 0 Å². The molecular formula is C9H14BrNO. The number of nitrogens with one attached hydrogen (secondary N) is 1. The van der Waals surface area contributed by atoms with E-state index in [9.17, 15) is 4.79 Å². The third-order valence-electron chi connectivity index (χ3n) is 1.88. The van der Waals surface area contributed by atoms with Gasteiger partial charge in [0.25, 0.3) is 5.91 Å². The molecule has 0 aromatic heterocycles. The first-order chi connectivity index (χ1) is 5.57. The normalized spacial score (nSPS) is 11.8. The quantitative estimate of drug-likeness (QED) is 0.738. The molecule has 68 valence electrons. The van der Waals surface area contributed by atoms with Crippen LogP contribution < -0.4 is 5.32 Å². The molecule has 0 aliphatic carbocycles. The molecule has 2 nitrogen and oxygen atoms in total. The Kier molecular flexibility index (Phi) is 5.83. The predicted molar refractivity (Wildman–Crippen MR) is 53.7 cm³/mol. The fraction of sp³-hybridized carbons (Fsp3) is 0.667. The molecule has 0 aromatic carbocycles. The number of rotatable bonds is 3. The third kappa shape index (κ3) is 5.20. The zero-order chi connectivity index (χ0) is 9.56. The van der Waals surface area contributed by atoms with Gasteiger partial charge in [-0.25, -0.2) is 0 Å². The summed E-state index contributed by atoms with van der Waals surface area (Å²) in [4.78, 5) is 13.2. The van der Waals surface area contributed by atoms with Crippen LogP contribution in [0.5, 0.6) is 0 Å². The summed E-state index contributed by atoms with van der Waals surface area (Å²) < 4.78 is 0. The second-order valence-electron chi connectivity index (χ2n) is 3.15. The molecule has 0 bridgehead atoms. The van der Waals surface area contributed by atoms with Crippen LogP contribution in [0.25, 0.3) is 0 Å². The highest BCUT2D eigenvalue weighted by Gasteiger charge is 2.07. The van der Waals surface area contributed by atoms with Gasteiger partial charge in [0, 0.05) is 28.4 Å². The van der Waals surface area contributed by atoms with Crippen molar-refractivity contribution in [3.8, 4) is 10.8 Å². The molecule has 0 radical (unpaired) electrons. The highest BCUT2D eigenvalue weighted by Crippen LogP contribution is 2.07. The minimum absolute atomic E-state index is 0.223. The highest BCUT2D eigenvalue weighted by atomic mass is 79.9. The molecule has 0 saturated carbocycles. The minimum atomic E-state index is -0.223. The lowest BCUT2D eigenvalue weighted by molar-refractivity contribution is -0.115. The van der Waals surface area contributed by atoms with E-state index in [-0.39, 0.29) is 5.91 Å². The lowest BCUT2D eigenvalue weighted by Gasteiger charge is -2.14. The monoisotopic (exact) mass is 231 g/mol. The van der Waals surface area contributed by atoms with Crippen LogP contribution >= 0.6 is 15.9 Å². The molecule has 1 amide bonds. The summed E-state index contributed by atoms with van der Waals surface area (Å²) in [7, 11) is 0. The first-order valence-corrected chi connectivity index (χ1v) is 4.76. The van der Waals surface area contributed by atoms with Crippen LogP contribution in [0.15, 0.2) is 0 Å². The Morgan fingerprint density at radius 3 is 2.50 bits per heavy atom. The van der Waals surface area contributed by atoms with E-state index in [2.05, 4.69) is 52.8 Å². The maximum absolute atomic E-state index is 10.9. The smallest absolute Gasteiger partial charge is 0.296 e. The van der Waals surface area contributed by atoms with Crippen molar-refractivity contribution >= 4 is 21.8 Å². The van der Waals surface area contributed by atoms with Crippen LogP contribution in [0.2, 0.25) is 0 Å². The van der Waals surface area contributed by atoms with Crippen LogP contribution in [-0.2, 0) is 4.79 Å². The van der Waals surface area contributed by atoms with Gasteiger partial charge in [-0.3, -0.25) is 4.79 Å². The molecule has 0 heterocycles. The van der Waals surface area contributed by atoms with Crippen molar-refractivity contribution in [2.75, 3.05) is 6.54 Å². The summed E-state index contributed by atoms with van der Waals surface area (Å²) in [6.07, 6.45) is 0. The standard InChI is InChI=1S/C9H14BrNO/c1-7(2)8(3)6-11-9(12)4-5-10/h7-8H,6H2,1-3H3,(H,11,12). The molecular weight excluding hydrogens is 218 g/mol. The van der Waals surface area contributed by atoms with Gasteiger partial charge in [-0.15, -0.1) is 0 Å². The fourth-order valence-electron chi connectivity index (χ4n) is 0.576. The van der Waals surface area contributed by atoms with Crippen molar-refractivity contribution in [3.63, 3.8) is 0 Å². The molecule has 0 aromatic rings.